The molecule has 3 heterocycles. The summed E-state index contributed by atoms with van der Waals surface area (Å²) in [5.41, 5.74) is 0.752. The van der Waals surface area contributed by atoms with Gasteiger partial charge in [-0.05, 0) is 6.42 Å². The lowest BCUT2D eigenvalue weighted by Gasteiger charge is -2.23. The fourth-order valence-electron chi connectivity index (χ4n) is 3.81. The number of nitrogens with zero attached hydrogens (tertiary/aromatic N) is 4. The molecule has 34 heavy (non-hydrogen) atoms. The topological polar surface area (TPSA) is 149 Å². The minimum absolute atomic E-state index is 0.152. The molecule has 0 aliphatic carbocycles. The molecule has 4 atom stereocenters. The number of ketones is 1. The van der Waals surface area contributed by atoms with Crippen LogP contribution in [0.15, 0.2) is 12.7 Å². The Morgan fingerprint density at radius 3 is 2.32 bits per heavy atom. The van der Waals surface area contributed by atoms with Crippen LogP contribution in [0, 0.1) is 0 Å². The smallest absolute Gasteiger partial charge is 0.303 e. The molecule has 0 saturated carbocycles. The first-order valence-corrected chi connectivity index (χ1v) is 11.1. The van der Waals surface area contributed by atoms with Crippen LogP contribution in [-0.2, 0) is 33.3 Å². The number of aromatic nitrogens is 4. The van der Waals surface area contributed by atoms with Crippen LogP contribution in [-0.4, -0.2) is 68.1 Å². The van der Waals surface area contributed by atoms with Gasteiger partial charge in [0.05, 0.1) is 6.33 Å². The molecule has 3 rings (SSSR count). The third-order valence-corrected chi connectivity index (χ3v) is 5.24. The average molecular weight is 476 g/mol. The lowest BCUT2D eigenvalue weighted by atomic mass is 10.1. The minimum atomic E-state index is -1.09. The third-order valence-electron chi connectivity index (χ3n) is 5.24. The number of esters is 3. The molecule has 0 spiro atoms. The van der Waals surface area contributed by atoms with Crippen molar-refractivity contribution in [2.45, 2.75) is 77.9 Å². The van der Waals surface area contributed by atoms with Crippen molar-refractivity contribution in [3.63, 3.8) is 0 Å². The number of hydrogen-bond donors (Lipinski definition) is 0. The van der Waals surface area contributed by atoms with Gasteiger partial charge in [0.15, 0.2) is 29.9 Å². The van der Waals surface area contributed by atoms with Gasteiger partial charge in [-0.1, -0.05) is 19.8 Å². The molecule has 0 radical (unpaired) electrons. The summed E-state index contributed by atoms with van der Waals surface area (Å²) in [5.74, 6) is -1.96. The summed E-state index contributed by atoms with van der Waals surface area (Å²) in [5, 5.41) is 0. The van der Waals surface area contributed by atoms with Crippen LogP contribution in [0.5, 0.6) is 0 Å². The fraction of sp³-hybridized carbons (Fsp3) is 0.591. The number of unbranched alkanes of at least 4 members (excludes halogenated alkanes) is 2. The first kappa shape index (κ1) is 25.2. The Labute approximate surface area is 195 Å². The van der Waals surface area contributed by atoms with E-state index in [1.54, 1.807) is 0 Å². The van der Waals surface area contributed by atoms with Gasteiger partial charge in [0, 0.05) is 27.2 Å². The molecule has 1 fully saturated rings. The number of rotatable bonds is 10. The Hall–Kier alpha value is -3.41. The second-order valence-corrected chi connectivity index (χ2v) is 7.94. The average Bonchev–Trinajstić information content (AvgIpc) is 3.33. The van der Waals surface area contributed by atoms with Gasteiger partial charge < -0.3 is 18.9 Å². The van der Waals surface area contributed by atoms with E-state index < -0.39 is 42.4 Å². The molecule has 0 N–H and O–H groups in total. The molecule has 0 aromatic carbocycles. The Balaban J connectivity index is 1.98. The number of hydrogen-bond acceptors (Lipinski definition) is 11. The van der Waals surface area contributed by atoms with Crippen LogP contribution < -0.4 is 0 Å². The highest BCUT2D eigenvalue weighted by Crippen LogP contribution is 2.36. The summed E-state index contributed by atoms with van der Waals surface area (Å²) in [6, 6.07) is 0. The van der Waals surface area contributed by atoms with Crippen molar-refractivity contribution in [1.29, 1.82) is 0 Å². The summed E-state index contributed by atoms with van der Waals surface area (Å²) < 4.78 is 23.4. The Bertz CT molecular complexity index is 1070. The van der Waals surface area contributed by atoms with Crippen LogP contribution >= 0.6 is 0 Å². The minimum Gasteiger partial charge on any atom is -0.463 e. The van der Waals surface area contributed by atoms with Gasteiger partial charge >= 0.3 is 17.9 Å². The van der Waals surface area contributed by atoms with Gasteiger partial charge in [0.2, 0.25) is 0 Å². The van der Waals surface area contributed by atoms with E-state index >= 15 is 0 Å². The van der Waals surface area contributed by atoms with E-state index in [-0.39, 0.29) is 29.2 Å². The number of imidazole rings is 1. The maximum Gasteiger partial charge on any atom is 0.303 e. The van der Waals surface area contributed by atoms with E-state index in [1.165, 1.54) is 38.0 Å². The Morgan fingerprint density at radius 1 is 0.971 bits per heavy atom. The molecule has 1 aliphatic heterocycles. The van der Waals surface area contributed by atoms with Gasteiger partial charge in [-0.15, -0.1) is 0 Å². The van der Waals surface area contributed by atoms with Gasteiger partial charge in [-0.25, -0.2) is 15.0 Å². The Kier molecular flexibility index (Phi) is 8.26. The number of carbonyl (C=O) groups is 4. The molecule has 2 aromatic rings. The summed E-state index contributed by atoms with van der Waals surface area (Å²) in [7, 11) is 0. The first-order chi connectivity index (χ1) is 16.2. The number of Topliss-reactive ketones (excluding diaryl/α,β-unsaturated/α-hetero) is 1. The second-order valence-electron chi connectivity index (χ2n) is 7.94. The molecule has 12 nitrogen and oxygen atoms in total. The first-order valence-electron chi connectivity index (χ1n) is 11.1. The monoisotopic (exact) mass is 476 g/mol. The van der Waals surface area contributed by atoms with Gasteiger partial charge in [-0.2, -0.15) is 0 Å². The highest BCUT2D eigenvalue weighted by molar-refractivity contribution is 6.03. The maximum atomic E-state index is 12.7. The molecule has 0 amide bonds. The van der Waals surface area contributed by atoms with Crippen molar-refractivity contribution < 1.29 is 38.1 Å². The molecule has 1 saturated heterocycles. The number of fused-ring (bicyclic) bond motifs is 1. The lowest BCUT2D eigenvalue weighted by molar-refractivity contribution is -0.166. The standard InChI is InChI=1S/C22H28N4O8/c1-5-6-7-8-15(30)17-18-21(24-10-23-17)26(11-25-18)22-20(33-14(4)29)19(32-13(3)28)16(34-22)9-31-12(2)27/h10-11,16,19-20,22H,5-9H2,1-4H3/t16-,19-,20-,22-/m1/s1. The molecule has 12 heteroatoms. The van der Waals surface area contributed by atoms with Crippen molar-refractivity contribution in [1.82, 2.24) is 19.5 Å². The summed E-state index contributed by atoms with van der Waals surface area (Å²) >= 11 is 0. The van der Waals surface area contributed by atoms with E-state index in [2.05, 4.69) is 15.0 Å². The maximum absolute atomic E-state index is 12.7. The summed E-state index contributed by atoms with van der Waals surface area (Å²) in [6.07, 6.45) is 1.55. The van der Waals surface area contributed by atoms with Gasteiger partial charge in [-0.3, -0.25) is 23.7 Å². The molecule has 2 aromatic heterocycles. The zero-order valence-corrected chi connectivity index (χ0v) is 19.6. The van der Waals surface area contributed by atoms with Crippen LogP contribution in [0.1, 0.15) is 70.1 Å². The van der Waals surface area contributed by atoms with Crippen LogP contribution in [0.25, 0.3) is 11.2 Å². The molecule has 0 bridgehead atoms. The van der Waals surface area contributed by atoms with E-state index in [4.69, 9.17) is 18.9 Å². The van der Waals surface area contributed by atoms with Crippen molar-refractivity contribution in [3.05, 3.63) is 18.3 Å². The van der Waals surface area contributed by atoms with Crippen molar-refractivity contribution in [3.8, 4) is 0 Å². The van der Waals surface area contributed by atoms with E-state index in [0.29, 0.717) is 6.42 Å². The lowest BCUT2D eigenvalue weighted by Crippen LogP contribution is -2.40. The molecular formula is C22H28N4O8. The molecule has 0 unspecified atom stereocenters. The normalized spacial score (nSPS) is 21.9. The van der Waals surface area contributed by atoms with Crippen LogP contribution in [0.2, 0.25) is 0 Å². The predicted octanol–water partition coefficient (Wildman–Crippen LogP) is 1.91. The molecule has 184 valence electrons. The fourth-order valence-corrected chi connectivity index (χ4v) is 3.81. The third kappa shape index (κ3) is 5.74. The summed E-state index contributed by atoms with van der Waals surface area (Å²) in [6.45, 7) is 5.47. The zero-order chi connectivity index (χ0) is 24.8. The summed E-state index contributed by atoms with van der Waals surface area (Å²) in [4.78, 5) is 60.3. The largest absolute Gasteiger partial charge is 0.463 e. The quantitative estimate of drug-likeness (QED) is 0.214. The van der Waals surface area contributed by atoms with E-state index in [9.17, 15) is 19.2 Å². The van der Waals surface area contributed by atoms with Crippen molar-refractivity contribution in [2.75, 3.05) is 6.61 Å². The highest BCUT2D eigenvalue weighted by Gasteiger charge is 2.51. The highest BCUT2D eigenvalue weighted by atomic mass is 16.7. The van der Waals surface area contributed by atoms with E-state index in [1.807, 2.05) is 6.92 Å². The Morgan fingerprint density at radius 2 is 1.68 bits per heavy atom. The predicted molar refractivity (Wildman–Crippen MR) is 115 cm³/mol. The SMILES string of the molecule is CCCCCC(=O)c1ncnc2c1ncn2[C@@H]1O[C@H](COC(C)=O)[C@@H](OC(C)=O)[C@H]1OC(C)=O. The molecule has 1 aliphatic rings. The van der Waals surface area contributed by atoms with Gasteiger partial charge in [0.1, 0.15) is 30.2 Å². The molecular weight excluding hydrogens is 448 g/mol. The van der Waals surface area contributed by atoms with Crippen molar-refractivity contribution >= 4 is 34.9 Å². The zero-order valence-electron chi connectivity index (χ0n) is 19.6. The van der Waals surface area contributed by atoms with Crippen LogP contribution in [0.3, 0.4) is 0 Å². The number of carbonyl (C=O) groups excluding carboxylic acids is 4. The number of ether oxygens (including phenoxy) is 4. The van der Waals surface area contributed by atoms with Gasteiger partial charge in [0.25, 0.3) is 0 Å². The van der Waals surface area contributed by atoms with Crippen LogP contribution in [0.4, 0.5) is 0 Å². The van der Waals surface area contributed by atoms with Crippen molar-refractivity contribution in [2.24, 2.45) is 0 Å². The van der Waals surface area contributed by atoms with E-state index in [0.717, 1.165) is 19.3 Å². The second kappa shape index (κ2) is 11.1.